The Bertz CT molecular complexity index is 314. The molecular formula is C8H7BrINO. The summed E-state index contributed by atoms with van der Waals surface area (Å²) < 4.78 is 1.84. The molecule has 0 aliphatic rings. The number of hydrogen-bond donors (Lipinski definition) is 1. The molecule has 0 bridgehead atoms. The number of benzene rings is 1. The second kappa shape index (κ2) is 4.34. The third kappa shape index (κ3) is 2.27. The van der Waals surface area contributed by atoms with Gasteiger partial charge in [-0.15, -0.1) is 0 Å². The molecule has 0 heterocycles. The fraction of sp³-hybridized carbons (Fsp3) is 0.125. The Labute approximate surface area is 92.8 Å². The van der Waals surface area contributed by atoms with Crippen molar-refractivity contribution in [3.8, 4) is 0 Å². The topological polar surface area (TPSA) is 43.1 Å². The lowest BCUT2D eigenvalue weighted by molar-refractivity contribution is 0.100. The second-order valence-electron chi connectivity index (χ2n) is 2.25. The molecule has 12 heavy (non-hydrogen) atoms. The smallest absolute Gasteiger partial charge is 0.177 e. The van der Waals surface area contributed by atoms with Gasteiger partial charge in [0.25, 0.3) is 0 Å². The molecule has 1 aromatic carbocycles. The van der Waals surface area contributed by atoms with Crippen molar-refractivity contribution in [3.05, 3.63) is 31.8 Å². The maximum absolute atomic E-state index is 11.2. The van der Waals surface area contributed by atoms with Gasteiger partial charge < -0.3 is 5.73 Å². The third-order valence-electron chi connectivity index (χ3n) is 1.41. The lowest BCUT2D eigenvalue weighted by Crippen LogP contribution is -2.14. The number of carbonyl (C=O) groups excluding carboxylic acids is 1. The Morgan fingerprint density at radius 1 is 1.58 bits per heavy atom. The summed E-state index contributed by atoms with van der Waals surface area (Å²) in [5.41, 5.74) is 5.91. The summed E-state index contributed by atoms with van der Waals surface area (Å²) in [6.07, 6.45) is 0. The minimum absolute atomic E-state index is 0.0413. The van der Waals surface area contributed by atoms with Gasteiger partial charge in [0.15, 0.2) is 5.78 Å². The van der Waals surface area contributed by atoms with Crippen molar-refractivity contribution in [2.75, 3.05) is 6.54 Å². The van der Waals surface area contributed by atoms with E-state index >= 15 is 0 Å². The molecular weight excluding hydrogens is 333 g/mol. The number of halogens is 2. The van der Waals surface area contributed by atoms with E-state index in [0.29, 0.717) is 5.56 Å². The maximum Gasteiger partial charge on any atom is 0.177 e. The average Bonchev–Trinajstić information content (AvgIpc) is 2.08. The molecule has 0 atom stereocenters. The molecule has 64 valence electrons. The molecule has 1 aromatic rings. The molecule has 2 nitrogen and oxygen atoms in total. The van der Waals surface area contributed by atoms with Crippen LogP contribution in [0.25, 0.3) is 0 Å². The summed E-state index contributed by atoms with van der Waals surface area (Å²) >= 11 is 5.45. The monoisotopic (exact) mass is 339 g/mol. The molecule has 4 heteroatoms. The van der Waals surface area contributed by atoms with Crippen LogP contribution in [-0.2, 0) is 0 Å². The molecule has 0 aliphatic heterocycles. The highest BCUT2D eigenvalue weighted by Crippen LogP contribution is 2.19. The predicted molar refractivity (Wildman–Crippen MR) is 60.2 cm³/mol. The summed E-state index contributed by atoms with van der Waals surface area (Å²) in [5, 5.41) is 0. The van der Waals surface area contributed by atoms with Gasteiger partial charge in [-0.25, -0.2) is 0 Å². The summed E-state index contributed by atoms with van der Waals surface area (Å²) in [6.45, 7) is 0.0543. The highest BCUT2D eigenvalue weighted by atomic mass is 127. The van der Waals surface area contributed by atoms with Gasteiger partial charge in [-0.1, -0.05) is 15.9 Å². The number of ketones is 1. The summed E-state index contributed by atoms with van der Waals surface area (Å²) in [6, 6.07) is 5.60. The largest absolute Gasteiger partial charge is 0.324 e. The normalized spacial score (nSPS) is 9.92. The molecule has 0 aliphatic carbocycles. The molecule has 1 rings (SSSR count). The van der Waals surface area contributed by atoms with Crippen molar-refractivity contribution in [3.63, 3.8) is 0 Å². The first-order valence-corrected chi connectivity index (χ1v) is 5.20. The Kier molecular flexibility index (Phi) is 3.67. The highest BCUT2D eigenvalue weighted by Gasteiger charge is 2.07. The highest BCUT2D eigenvalue weighted by molar-refractivity contribution is 14.1. The van der Waals surface area contributed by atoms with E-state index in [1.165, 1.54) is 0 Å². The van der Waals surface area contributed by atoms with Crippen LogP contribution >= 0.6 is 38.5 Å². The fourth-order valence-corrected chi connectivity index (χ4v) is 1.78. The van der Waals surface area contributed by atoms with Gasteiger partial charge in [0.2, 0.25) is 0 Å². The Balaban J connectivity index is 3.13. The zero-order chi connectivity index (χ0) is 9.14. The van der Waals surface area contributed by atoms with Crippen LogP contribution in [0.15, 0.2) is 22.7 Å². The van der Waals surface area contributed by atoms with Crippen LogP contribution in [-0.4, -0.2) is 12.3 Å². The zero-order valence-corrected chi connectivity index (χ0v) is 9.92. The van der Waals surface area contributed by atoms with Gasteiger partial charge in [-0.2, -0.15) is 0 Å². The fourth-order valence-electron chi connectivity index (χ4n) is 0.821. The molecule has 0 aromatic heterocycles. The lowest BCUT2D eigenvalue weighted by atomic mass is 10.1. The van der Waals surface area contributed by atoms with Gasteiger partial charge >= 0.3 is 0 Å². The van der Waals surface area contributed by atoms with Crippen molar-refractivity contribution in [2.24, 2.45) is 5.73 Å². The van der Waals surface area contributed by atoms with Gasteiger partial charge in [-0.3, -0.25) is 4.79 Å². The standard InChI is InChI=1S/C8H7BrINO/c9-7-2-1-5(10)3-6(7)8(12)4-11/h1-3H,4,11H2. The third-order valence-corrected chi connectivity index (χ3v) is 2.78. The van der Waals surface area contributed by atoms with E-state index in [-0.39, 0.29) is 12.3 Å². The van der Waals surface area contributed by atoms with E-state index in [1.54, 1.807) is 0 Å². The SMILES string of the molecule is NCC(=O)c1cc(I)ccc1Br. The summed E-state index contributed by atoms with van der Waals surface area (Å²) in [4.78, 5) is 11.2. The van der Waals surface area contributed by atoms with E-state index in [1.807, 2.05) is 18.2 Å². The zero-order valence-electron chi connectivity index (χ0n) is 6.18. The Morgan fingerprint density at radius 3 is 2.83 bits per heavy atom. The van der Waals surface area contributed by atoms with Crippen LogP contribution in [0.2, 0.25) is 0 Å². The van der Waals surface area contributed by atoms with Crippen molar-refractivity contribution < 1.29 is 4.79 Å². The first kappa shape index (κ1) is 10.1. The van der Waals surface area contributed by atoms with Gasteiger partial charge in [-0.05, 0) is 40.8 Å². The molecule has 0 radical (unpaired) electrons. The van der Waals surface area contributed by atoms with E-state index < -0.39 is 0 Å². The van der Waals surface area contributed by atoms with Gasteiger partial charge in [0, 0.05) is 13.6 Å². The average molecular weight is 340 g/mol. The molecule has 0 saturated carbocycles. The van der Waals surface area contributed by atoms with Gasteiger partial charge in [0.05, 0.1) is 6.54 Å². The minimum Gasteiger partial charge on any atom is -0.324 e. The molecule has 0 fully saturated rings. The van der Waals surface area contributed by atoms with Crippen LogP contribution in [0.1, 0.15) is 10.4 Å². The second-order valence-corrected chi connectivity index (χ2v) is 4.35. The predicted octanol–water partition coefficient (Wildman–Crippen LogP) is 2.20. The van der Waals surface area contributed by atoms with Crippen molar-refractivity contribution >= 4 is 44.3 Å². The number of hydrogen-bond acceptors (Lipinski definition) is 2. The molecule has 0 spiro atoms. The van der Waals surface area contributed by atoms with Crippen molar-refractivity contribution in [1.29, 1.82) is 0 Å². The van der Waals surface area contributed by atoms with E-state index in [9.17, 15) is 4.79 Å². The van der Waals surface area contributed by atoms with Gasteiger partial charge in [0.1, 0.15) is 0 Å². The summed E-state index contributed by atoms with van der Waals surface area (Å²) in [5.74, 6) is -0.0413. The van der Waals surface area contributed by atoms with Crippen LogP contribution < -0.4 is 5.73 Å². The van der Waals surface area contributed by atoms with E-state index in [2.05, 4.69) is 38.5 Å². The van der Waals surface area contributed by atoms with E-state index in [4.69, 9.17) is 5.73 Å². The maximum atomic E-state index is 11.2. The van der Waals surface area contributed by atoms with Crippen LogP contribution in [0.3, 0.4) is 0 Å². The molecule has 2 N–H and O–H groups in total. The number of nitrogens with two attached hydrogens (primary N) is 1. The Hall–Kier alpha value is 0.0600. The minimum atomic E-state index is -0.0413. The number of Topliss-reactive ketones (excluding diaryl/α,β-unsaturated/α-hetero) is 1. The number of rotatable bonds is 2. The first-order valence-electron chi connectivity index (χ1n) is 3.33. The van der Waals surface area contributed by atoms with Crippen LogP contribution in [0.5, 0.6) is 0 Å². The van der Waals surface area contributed by atoms with Crippen molar-refractivity contribution in [1.82, 2.24) is 0 Å². The summed E-state index contributed by atoms with van der Waals surface area (Å²) in [7, 11) is 0. The number of carbonyl (C=O) groups is 1. The molecule has 0 amide bonds. The van der Waals surface area contributed by atoms with Crippen molar-refractivity contribution in [2.45, 2.75) is 0 Å². The lowest BCUT2D eigenvalue weighted by Gasteiger charge is -2.01. The quantitative estimate of drug-likeness (QED) is 0.663. The Morgan fingerprint density at radius 2 is 2.25 bits per heavy atom. The molecule has 0 saturated heterocycles. The van der Waals surface area contributed by atoms with Crippen LogP contribution in [0.4, 0.5) is 0 Å². The van der Waals surface area contributed by atoms with E-state index in [0.717, 1.165) is 8.04 Å². The first-order chi connectivity index (χ1) is 5.65. The molecule has 0 unspecified atom stereocenters. The van der Waals surface area contributed by atoms with Crippen LogP contribution in [0, 0.1) is 3.57 Å².